The van der Waals surface area contributed by atoms with E-state index in [4.69, 9.17) is 0 Å². The molecule has 1 aromatic heterocycles. The van der Waals surface area contributed by atoms with E-state index in [2.05, 4.69) is 29.1 Å². The van der Waals surface area contributed by atoms with Gasteiger partial charge >= 0.3 is 6.18 Å². The van der Waals surface area contributed by atoms with E-state index in [1.165, 1.54) is 4.90 Å². The lowest BCUT2D eigenvalue weighted by Crippen LogP contribution is -2.26. The molecular formula is C14H23F3N4. The van der Waals surface area contributed by atoms with E-state index >= 15 is 0 Å². The molecule has 0 radical (unpaired) electrons. The number of nitrogens with zero attached hydrogens (tertiary/aromatic N) is 3. The summed E-state index contributed by atoms with van der Waals surface area (Å²) in [7, 11) is 1.57. The molecule has 7 heteroatoms. The molecule has 0 saturated carbocycles. The predicted octanol–water partition coefficient (Wildman–Crippen LogP) is 2.92. The highest BCUT2D eigenvalue weighted by Gasteiger charge is 2.27. The highest BCUT2D eigenvalue weighted by atomic mass is 19.4. The van der Waals surface area contributed by atoms with E-state index in [0.29, 0.717) is 18.4 Å². The highest BCUT2D eigenvalue weighted by molar-refractivity contribution is 5.31. The minimum atomic E-state index is -4.16. The molecule has 4 nitrogen and oxygen atoms in total. The fraction of sp³-hybridized carbons (Fsp3) is 0.714. The molecule has 0 bridgehead atoms. The van der Waals surface area contributed by atoms with Crippen LogP contribution in [-0.2, 0) is 6.54 Å². The summed E-state index contributed by atoms with van der Waals surface area (Å²) in [6, 6.07) is 0. The van der Waals surface area contributed by atoms with Crippen molar-refractivity contribution in [2.45, 2.75) is 39.9 Å². The van der Waals surface area contributed by atoms with Gasteiger partial charge in [-0.15, -0.1) is 0 Å². The van der Waals surface area contributed by atoms with E-state index < -0.39 is 12.6 Å². The number of nitrogens with one attached hydrogen (secondary N) is 1. The number of anilines is 1. The van der Waals surface area contributed by atoms with E-state index in [1.54, 1.807) is 13.2 Å². The average Bonchev–Trinajstić information content (AvgIpc) is 2.36. The van der Waals surface area contributed by atoms with Crippen molar-refractivity contribution in [3.8, 4) is 0 Å². The summed E-state index contributed by atoms with van der Waals surface area (Å²) in [6.45, 7) is 7.50. The van der Waals surface area contributed by atoms with Gasteiger partial charge in [0.25, 0.3) is 0 Å². The van der Waals surface area contributed by atoms with Crippen molar-refractivity contribution in [3.63, 3.8) is 0 Å². The molecular weight excluding hydrogens is 281 g/mol. The van der Waals surface area contributed by atoms with Crippen LogP contribution in [0.15, 0.2) is 6.20 Å². The van der Waals surface area contributed by atoms with Crippen LogP contribution >= 0.6 is 0 Å². The maximum Gasteiger partial charge on any atom is 0.390 e. The highest BCUT2D eigenvalue weighted by Crippen LogP contribution is 2.20. The van der Waals surface area contributed by atoms with Gasteiger partial charge in [0.1, 0.15) is 0 Å². The Morgan fingerprint density at radius 1 is 1.33 bits per heavy atom. The second kappa shape index (κ2) is 7.59. The summed E-state index contributed by atoms with van der Waals surface area (Å²) >= 11 is 0. The topological polar surface area (TPSA) is 41.1 Å². The quantitative estimate of drug-likeness (QED) is 0.841. The van der Waals surface area contributed by atoms with Crippen LogP contribution in [0, 0.1) is 12.8 Å². The minimum Gasteiger partial charge on any atom is -0.344 e. The second-order valence-corrected chi connectivity index (χ2v) is 5.59. The molecule has 0 aliphatic heterocycles. The van der Waals surface area contributed by atoms with Crippen LogP contribution in [0.5, 0.6) is 0 Å². The third kappa shape index (κ3) is 6.75. The van der Waals surface area contributed by atoms with Gasteiger partial charge < -0.3 is 10.2 Å². The van der Waals surface area contributed by atoms with Crippen molar-refractivity contribution in [1.29, 1.82) is 0 Å². The van der Waals surface area contributed by atoms with E-state index in [1.807, 2.05) is 6.92 Å². The Bertz CT molecular complexity index is 446. The molecule has 0 spiro atoms. The molecule has 1 heterocycles. The Morgan fingerprint density at radius 3 is 2.52 bits per heavy atom. The number of halogens is 3. The van der Waals surface area contributed by atoms with Crippen molar-refractivity contribution in [2.24, 2.45) is 5.92 Å². The van der Waals surface area contributed by atoms with Crippen molar-refractivity contribution in [3.05, 3.63) is 17.5 Å². The van der Waals surface area contributed by atoms with Crippen molar-refractivity contribution in [2.75, 3.05) is 25.0 Å². The monoisotopic (exact) mass is 304 g/mol. The molecule has 120 valence electrons. The first-order valence-corrected chi connectivity index (χ1v) is 7.00. The Balaban J connectivity index is 2.60. The fourth-order valence-electron chi connectivity index (χ4n) is 1.73. The minimum absolute atomic E-state index is 0.145. The largest absolute Gasteiger partial charge is 0.390 e. The Hall–Kier alpha value is -1.37. The molecule has 0 saturated heterocycles. The summed E-state index contributed by atoms with van der Waals surface area (Å²) in [5.74, 6) is 0.878. The van der Waals surface area contributed by atoms with Gasteiger partial charge in [-0.05, 0) is 19.4 Å². The predicted molar refractivity (Wildman–Crippen MR) is 77.3 cm³/mol. The zero-order valence-corrected chi connectivity index (χ0v) is 13.0. The summed E-state index contributed by atoms with van der Waals surface area (Å²) < 4.78 is 36.6. The number of aromatic nitrogens is 2. The van der Waals surface area contributed by atoms with E-state index in [0.717, 1.165) is 17.8 Å². The van der Waals surface area contributed by atoms with Gasteiger partial charge in [-0.1, -0.05) is 13.8 Å². The van der Waals surface area contributed by atoms with Gasteiger partial charge in [0, 0.05) is 37.6 Å². The Labute approximate surface area is 123 Å². The number of alkyl halides is 3. The molecule has 0 aliphatic rings. The van der Waals surface area contributed by atoms with Gasteiger partial charge in [0.05, 0.1) is 6.42 Å². The third-order valence-corrected chi connectivity index (χ3v) is 3.01. The molecule has 1 rings (SSSR count). The van der Waals surface area contributed by atoms with Crippen molar-refractivity contribution < 1.29 is 13.2 Å². The molecule has 0 aromatic carbocycles. The number of hydrogen-bond donors (Lipinski definition) is 1. The molecule has 1 N–H and O–H groups in total. The van der Waals surface area contributed by atoms with Gasteiger partial charge in [-0.3, -0.25) is 0 Å². The first kappa shape index (κ1) is 17.7. The lowest BCUT2D eigenvalue weighted by Gasteiger charge is -2.19. The van der Waals surface area contributed by atoms with Gasteiger partial charge in [0.15, 0.2) is 0 Å². The Kier molecular flexibility index (Phi) is 6.39. The average molecular weight is 304 g/mol. The van der Waals surface area contributed by atoms with Crippen LogP contribution < -0.4 is 10.2 Å². The zero-order chi connectivity index (χ0) is 16.0. The lowest BCUT2D eigenvalue weighted by molar-refractivity contribution is -0.132. The molecule has 0 unspecified atom stereocenters. The van der Waals surface area contributed by atoms with Gasteiger partial charge in [-0.25, -0.2) is 9.97 Å². The summed E-state index contributed by atoms with van der Waals surface area (Å²) in [5, 5.41) is 3.29. The summed E-state index contributed by atoms with van der Waals surface area (Å²) in [4.78, 5) is 9.85. The molecule has 21 heavy (non-hydrogen) atoms. The molecule has 0 atom stereocenters. The van der Waals surface area contributed by atoms with Gasteiger partial charge in [-0.2, -0.15) is 13.2 Å². The molecule has 1 aromatic rings. The van der Waals surface area contributed by atoms with Crippen LogP contribution in [0.25, 0.3) is 0 Å². The zero-order valence-electron chi connectivity index (χ0n) is 13.0. The number of aryl methyl sites for hydroxylation is 1. The normalized spacial score (nSPS) is 12.0. The number of rotatable bonds is 7. The summed E-state index contributed by atoms with van der Waals surface area (Å²) in [5.41, 5.74) is 1.75. The lowest BCUT2D eigenvalue weighted by atomic mass is 10.2. The molecule has 0 amide bonds. The van der Waals surface area contributed by atoms with Crippen LogP contribution in [0.1, 0.15) is 31.5 Å². The van der Waals surface area contributed by atoms with Crippen LogP contribution in [0.3, 0.4) is 0 Å². The maximum atomic E-state index is 12.2. The first-order chi connectivity index (χ1) is 9.69. The van der Waals surface area contributed by atoms with Crippen molar-refractivity contribution in [1.82, 2.24) is 15.3 Å². The smallest absolute Gasteiger partial charge is 0.344 e. The first-order valence-electron chi connectivity index (χ1n) is 7.00. The Morgan fingerprint density at radius 2 is 2.00 bits per heavy atom. The molecule has 0 fully saturated rings. The van der Waals surface area contributed by atoms with Crippen molar-refractivity contribution >= 4 is 5.95 Å². The standard InChI is InChI=1S/C14H23F3N4/c1-10(2)7-18-8-12-9-19-13(20-11(12)3)21(4)6-5-14(15,16)17/h9-10,18H,5-8H2,1-4H3. The maximum absolute atomic E-state index is 12.2. The van der Waals surface area contributed by atoms with Crippen LogP contribution in [0.2, 0.25) is 0 Å². The number of hydrogen-bond acceptors (Lipinski definition) is 4. The van der Waals surface area contributed by atoms with E-state index in [-0.39, 0.29) is 6.54 Å². The third-order valence-electron chi connectivity index (χ3n) is 3.01. The van der Waals surface area contributed by atoms with Gasteiger partial charge in [0.2, 0.25) is 5.95 Å². The fourth-order valence-corrected chi connectivity index (χ4v) is 1.73. The van der Waals surface area contributed by atoms with Crippen LogP contribution in [-0.4, -0.2) is 36.3 Å². The second-order valence-electron chi connectivity index (χ2n) is 5.59. The van der Waals surface area contributed by atoms with E-state index in [9.17, 15) is 13.2 Å². The van der Waals surface area contributed by atoms with Crippen LogP contribution in [0.4, 0.5) is 19.1 Å². The SMILES string of the molecule is Cc1nc(N(C)CCC(F)(F)F)ncc1CNCC(C)C. The summed E-state index contributed by atoms with van der Waals surface area (Å²) in [6.07, 6.45) is -3.36. The molecule has 0 aliphatic carbocycles.